The van der Waals surface area contributed by atoms with E-state index in [9.17, 15) is 4.79 Å². The lowest BCUT2D eigenvalue weighted by atomic mass is 10.1. The zero-order valence-electron chi connectivity index (χ0n) is 17.3. The van der Waals surface area contributed by atoms with E-state index in [1.165, 1.54) is 77.0 Å². The lowest BCUT2D eigenvalue weighted by Gasteiger charge is -2.10. The molecule has 0 saturated carbocycles. The summed E-state index contributed by atoms with van der Waals surface area (Å²) in [6, 6.07) is 0. The van der Waals surface area contributed by atoms with Crippen LogP contribution in [0.1, 0.15) is 96.8 Å². The zero-order chi connectivity index (χ0) is 18.6. The highest BCUT2D eigenvalue weighted by molar-refractivity contribution is 5.75. The topological polar surface area (TPSA) is 32.3 Å². The molecule has 0 rings (SSSR count). The van der Waals surface area contributed by atoms with Gasteiger partial charge in [-0.1, -0.05) is 70.4 Å². The van der Waals surface area contributed by atoms with E-state index in [-0.39, 0.29) is 5.91 Å². The normalized spacial score (nSPS) is 11.5. The number of nitrogens with zero attached hydrogens (tertiary/aromatic N) is 1. The lowest BCUT2D eigenvalue weighted by Crippen LogP contribution is -2.31. The predicted octanol–water partition coefficient (Wildman–Crippen LogP) is 5.70. The van der Waals surface area contributed by atoms with E-state index >= 15 is 0 Å². The molecule has 0 aromatic rings. The molecule has 0 saturated heterocycles. The SMILES string of the molecule is CCCCCCCC/C=C/CCCCCCCC(=O)NCCN(C)C. The van der Waals surface area contributed by atoms with Gasteiger partial charge < -0.3 is 10.2 Å². The van der Waals surface area contributed by atoms with E-state index in [1.807, 2.05) is 14.1 Å². The fraction of sp³-hybridized carbons (Fsp3) is 0.864. The van der Waals surface area contributed by atoms with Crippen LogP contribution in [-0.4, -0.2) is 38.0 Å². The molecule has 0 fully saturated rings. The van der Waals surface area contributed by atoms with Crippen molar-refractivity contribution in [3.05, 3.63) is 12.2 Å². The molecule has 25 heavy (non-hydrogen) atoms. The Hall–Kier alpha value is -0.830. The number of rotatable bonds is 18. The summed E-state index contributed by atoms with van der Waals surface area (Å²) < 4.78 is 0. The van der Waals surface area contributed by atoms with E-state index in [0.717, 1.165) is 19.5 Å². The average Bonchev–Trinajstić information content (AvgIpc) is 2.58. The maximum absolute atomic E-state index is 11.6. The van der Waals surface area contributed by atoms with Crippen LogP contribution in [0.25, 0.3) is 0 Å². The number of allylic oxidation sites excluding steroid dienone is 2. The van der Waals surface area contributed by atoms with Crippen molar-refractivity contribution in [2.75, 3.05) is 27.2 Å². The van der Waals surface area contributed by atoms with Crippen LogP contribution in [0.5, 0.6) is 0 Å². The number of nitrogens with one attached hydrogen (secondary N) is 1. The summed E-state index contributed by atoms with van der Waals surface area (Å²) in [6.07, 6.45) is 22.3. The van der Waals surface area contributed by atoms with Gasteiger partial charge in [0.25, 0.3) is 0 Å². The molecule has 1 N–H and O–H groups in total. The highest BCUT2D eigenvalue weighted by Gasteiger charge is 2.00. The van der Waals surface area contributed by atoms with Gasteiger partial charge in [0.1, 0.15) is 0 Å². The quantitative estimate of drug-likeness (QED) is 0.253. The second kappa shape index (κ2) is 19.5. The van der Waals surface area contributed by atoms with Crippen molar-refractivity contribution in [2.24, 2.45) is 0 Å². The van der Waals surface area contributed by atoms with Crippen LogP contribution in [-0.2, 0) is 4.79 Å². The number of unbranched alkanes of at least 4 members (excludes halogenated alkanes) is 11. The molecule has 148 valence electrons. The molecule has 0 aliphatic heterocycles. The summed E-state index contributed by atoms with van der Waals surface area (Å²) in [5.41, 5.74) is 0. The second-order valence-electron chi connectivity index (χ2n) is 7.49. The van der Waals surface area contributed by atoms with Crippen molar-refractivity contribution < 1.29 is 4.79 Å². The van der Waals surface area contributed by atoms with Crippen LogP contribution < -0.4 is 5.32 Å². The van der Waals surface area contributed by atoms with Gasteiger partial charge >= 0.3 is 0 Å². The summed E-state index contributed by atoms with van der Waals surface area (Å²) in [5, 5.41) is 2.97. The van der Waals surface area contributed by atoms with Crippen molar-refractivity contribution in [1.29, 1.82) is 0 Å². The average molecular weight is 353 g/mol. The molecule has 0 aliphatic carbocycles. The number of likely N-dealkylation sites (N-methyl/N-ethyl adjacent to an activating group) is 1. The minimum atomic E-state index is 0.208. The molecule has 0 unspecified atom stereocenters. The first-order valence-electron chi connectivity index (χ1n) is 10.7. The van der Waals surface area contributed by atoms with Crippen molar-refractivity contribution in [3.63, 3.8) is 0 Å². The van der Waals surface area contributed by atoms with Crippen molar-refractivity contribution in [1.82, 2.24) is 10.2 Å². The number of hydrogen-bond donors (Lipinski definition) is 1. The molecule has 3 nitrogen and oxygen atoms in total. The van der Waals surface area contributed by atoms with Gasteiger partial charge in [0.15, 0.2) is 0 Å². The number of amides is 1. The summed E-state index contributed by atoms with van der Waals surface area (Å²) in [7, 11) is 4.05. The van der Waals surface area contributed by atoms with Gasteiger partial charge in [-0.15, -0.1) is 0 Å². The first kappa shape index (κ1) is 24.2. The highest BCUT2D eigenvalue weighted by Crippen LogP contribution is 2.09. The molecule has 0 spiro atoms. The Morgan fingerprint density at radius 2 is 1.32 bits per heavy atom. The Kier molecular flexibility index (Phi) is 18.8. The summed E-state index contributed by atoms with van der Waals surface area (Å²) in [4.78, 5) is 13.7. The van der Waals surface area contributed by atoms with E-state index < -0.39 is 0 Å². The Morgan fingerprint density at radius 3 is 1.88 bits per heavy atom. The van der Waals surface area contributed by atoms with Crippen molar-refractivity contribution in [3.8, 4) is 0 Å². The smallest absolute Gasteiger partial charge is 0.220 e. The predicted molar refractivity (Wildman–Crippen MR) is 111 cm³/mol. The Balaban J connectivity index is 3.20. The van der Waals surface area contributed by atoms with Gasteiger partial charge in [-0.2, -0.15) is 0 Å². The molecule has 0 heterocycles. The van der Waals surface area contributed by atoms with E-state index in [2.05, 4.69) is 29.3 Å². The van der Waals surface area contributed by atoms with Gasteiger partial charge in [-0.3, -0.25) is 4.79 Å². The van der Waals surface area contributed by atoms with E-state index in [4.69, 9.17) is 0 Å². The molecule has 0 aliphatic rings. The monoisotopic (exact) mass is 352 g/mol. The zero-order valence-corrected chi connectivity index (χ0v) is 17.3. The molecule has 3 heteroatoms. The molecular weight excluding hydrogens is 308 g/mol. The number of carbonyl (C=O) groups excluding carboxylic acids is 1. The molecule has 0 aromatic carbocycles. The first-order valence-corrected chi connectivity index (χ1v) is 10.7. The number of carbonyl (C=O) groups is 1. The van der Waals surface area contributed by atoms with Crippen molar-refractivity contribution >= 4 is 5.91 Å². The third kappa shape index (κ3) is 21.1. The highest BCUT2D eigenvalue weighted by atomic mass is 16.1. The van der Waals surface area contributed by atoms with E-state index in [1.54, 1.807) is 0 Å². The maximum atomic E-state index is 11.6. The minimum absolute atomic E-state index is 0.208. The van der Waals surface area contributed by atoms with Gasteiger partial charge in [0.2, 0.25) is 5.91 Å². The van der Waals surface area contributed by atoms with Crippen LogP contribution in [0.3, 0.4) is 0 Å². The molecule has 0 radical (unpaired) electrons. The lowest BCUT2D eigenvalue weighted by molar-refractivity contribution is -0.121. The largest absolute Gasteiger partial charge is 0.355 e. The van der Waals surface area contributed by atoms with Gasteiger partial charge in [0, 0.05) is 19.5 Å². The summed E-state index contributed by atoms with van der Waals surface area (Å²) >= 11 is 0. The van der Waals surface area contributed by atoms with Gasteiger partial charge in [-0.05, 0) is 46.2 Å². The molecular formula is C22H44N2O. The van der Waals surface area contributed by atoms with Crippen LogP contribution in [0.4, 0.5) is 0 Å². The fourth-order valence-electron chi connectivity index (χ4n) is 2.86. The molecule has 0 bridgehead atoms. The minimum Gasteiger partial charge on any atom is -0.355 e. The van der Waals surface area contributed by atoms with E-state index in [0.29, 0.717) is 6.42 Å². The first-order chi connectivity index (χ1) is 12.2. The molecule has 1 amide bonds. The second-order valence-corrected chi connectivity index (χ2v) is 7.49. The van der Waals surface area contributed by atoms with Crippen LogP contribution in [0.2, 0.25) is 0 Å². The fourth-order valence-corrected chi connectivity index (χ4v) is 2.86. The Morgan fingerprint density at radius 1 is 0.800 bits per heavy atom. The molecule has 0 aromatic heterocycles. The van der Waals surface area contributed by atoms with Crippen molar-refractivity contribution in [2.45, 2.75) is 96.8 Å². The van der Waals surface area contributed by atoms with Gasteiger partial charge in [0.05, 0.1) is 0 Å². The third-order valence-corrected chi connectivity index (χ3v) is 4.55. The Bertz CT molecular complexity index is 313. The summed E-state index contributed by atoms with van der Waals surface area (Å²) in [6.45, 7) is 3.95. The standard InChI is InChI=1S/C22H44N2O/c1-4-5-6-7-8-9-10-11-12-13-14-15-16-17-18-19-22(25)23-20-21-24(2)3/h11-12H,4-10,13-21H2,1-3H3,(H,23,25)/b12-11+. The van der Waals surface area contributed by atoms with Crippen LogP contribution >= 0.6 is 0 Å². The van der Waals surface area contributed by atoms with Gasteiger partial charge in [-0.25, -0.2) is 0 Å². The maximum Gasteiger partial charge on any atom is 0.220 e. The van der Waals surface area contributed by atoms with Crippen LogP contribution in [0.15, 0.2) is 12.2 Å². The third-order valence-electron chi connectivity index (χ3n) is 4.55. The van der Waals surface area contributed by atoms with Crippen LogP contribution in [0, 0.1) is 0 Å². The number of hydrogen-bond acceptors (Lipinski definition) is 2. The Labute approximate surface area is 157 Å². The molecule has 0 atom stereocenters. The summed E-state index contributed by atoms with van der Waals surface area (Å²) in [5.74, 6) is 0.208.